The molecule has 0 saturated heterocycles. The van der Waals surface area contributed by atoms with Gasteiger partial charge >= 0.3 is 0 Å². The van der Waals surface area contributed by atoms with Crippen molar-refractivity contribution < 1.29 is 4.74 Å². The number of thiophene rings is 1. The van der Waals surface area contributed by atoms with Crippen molar-refractivity contribution in [2.75, 3.05) is 7.11 Å². The van der Waals surface area contributed by atoms with E-state index < -0.39 is 0 Å². The first kappa shape index (κ1) is 14.7. The van der Waals surface area contributed by atoms with Crippen molar-refractivity contribution in [2.24, 2.45) is 0 Å². The van der Waals surface area contributed by atoms with Crippen LogP contribution in [0.5, 0.6) is 5.75 Å². The molecular weight excluding hydrogens is 330 g/mol. The van der Waals surface area contributed by atoms with Gasteiger partial charge < -0.3 is 9.72 Å². The van der Waals surface area contributed by atoms with Crippen LogP contribution in [0.15, 0.2) is 46.6 Å². The minimum atomic E-state index is -0.0254. The summed E-state index contributed by atoms with van der Waals surface area (Å²) in [5.41, 5.74) is 5.94. The standard InChI is InChI=1S/C21H17NO2S/c1-24-17-8-7-16-19(15-9-10-25-20(15)21(23)22-16)18(17)14-6-5-12-3-2-4-13(12)11-14/h5-11H,2-4H2,1H3,(H,22,23). The lowest BCUT2D eigenvalue weighted by molar-refractivity contribution is 0.417. The van der Waals surface area contributed by atoms with Crippen molar-refractivity contribution in [3.8, 4) is 16.9 Å². The predicted octanol–water partition coefficient (Wildman–Crippen LogP) is 4.91. The summed E-state index contributed by atoms with van der Waals surface area (Å²) in [6.07, 6.45) is 3.54. The van der Waals surface area contributed by atoms with Gasteiger partial charge in [0.2, 0.25) is 0 Å². The maximum atomic E-state index is 12.3. The highest BCUT2D eigenvalue weighted by Crippen LogP contribution is 2.41. The van der Waals surface area contributed by atoms with E-state index in [0.29, 0.717) is 0 Å². The van der Waals surface area contributed by atoms with E-state index in [1.54, 1.807) is 7.11 Å². The lowest BCUT2D eigenvalue weighted by Crippen LogP contribution is -2.05. The average Bonchev–Trinajstić information content (AvgIpc) is 3.29. The van der Waals surface area contributed by atoms with Gasteiger partial charge in [-0.2, -0.15) is 0 Å². The van der Waals surface area contributed by atoms with Crippen LogP contribution in [0.2, 0.25) is 0 Å². The number of fused-ring (bicyclic) bond motifs is 4. The third kappa shape index (κ3) is 2.14. The van der Waals surface area contributed by atoms with Crippen LogP contribution < -0.4 is 10.3 Å². The molecule has 0 fully saturated rings. The molecular formula is C21H17NO2S. The highest BCUT2D eigenvalue weighted by molar-refractivity contribution is 7.17. The van der Waals surface area contributed by atoms with Crippen molar-refractivity contribution in [3.05, 3.63) is 63.3 Å². The first-order valence-corrected chi connectivity index (χ1v) is 9.36. The summed E-state index contributed by atoms with van der Waals surface area (Å²) in [7, 11) is 1.70. The molecule has 2 aromatic heterocycles. The van der Waals surface area contributed by atoms with Crippen molar-refractivity contribution in [1.82, 2.24) is 4.98 Å². The third-order valence-electron chi connectivity index (χ3n) is 5.16. The maximum absolute atomic E-state index is 12.3. The van der Waals surface area contributed by atoms with Gasteiger partial charge in [-0.1, -0.05) is 18.2 Å². The molecule has 5 rings (SSSR count). The summed E-state index contributed by atoms with van der Waals surface area (Å²) in [6, 6.07) is 12.6. The Labute approximate surface area is 148 Å². The van der Waals surface area contributed by atoms with Crippen LogP contribution in [0, 0.1) is 0 Å². The van der Waals surface area contributed by atoms with Crippen molar-refractivity contribution in [3.63, 3.8) is 0 Å². The Bertz CT molecular complexity index is 1190. The van der Waals surface area contributed by atoms with Gasteiger partial charge in [-0.25, -0.2) is 0 Å². The molecule has 0 aliphatic heterocycles. The van der Waals surface area contributed by atoms with E-state index in [4.69, 9.17) is 4.74 Å². The smallest absolute Gasteiger partial charge is 0.266 e. The van der Waals surface area contributed by atoms with Crippen molar-refractivity contribution in [1.29, 1.82) is 0 Å². The molecule has 0 spiro atoms. The molecule has 1 aliphatic rings. The first-order valence-electron chi connectivity index (χ1n) is 8.48. The summed E-state index contributed by atoms with van der Waals surface area (Å²) < 4.78 is 6.46. The van der Waals surface area contributed by atoms with Crippen LogP contribution >= 0.6 is 11.3 Å². The fourth-order valence-corrected chi connectivity index (χ4v) is 4.81. The van der Waals surface area contributed by atoms with Crippen molar-refractivity contribution in [2.45, 2.75) is 19.3 Å². The molecule has 0 bridgehead atoms. The number of aryl methyl sites for hydroxylation is 2. The van der Waals surface area contributed by atoms with Gasteiger partial charge in [0.1, 0.15) is 10.4 Å². The topological polar surface area (TPSA) is 42.1 Å². The number of pyridine rings is 1. The van der Waals surface area contributed by atoms with Crippen LogP contribution in [-0.2, 0) is 12.8 Å². The molecule has 1 aliphatic carbocycles. The molecule has 3 nitrogen and oxygen atoms in total. The van der Waals surface area contributed by atoms with Crippen molar-refractivity contribution >= 4 is 32.3 Å². The van der Waals surface area contributed by atoms with Crippen LogP contribution in [0.3, 0.4) is 0 Å². The minimum Gasteiger partial charge on any atom is -0.496 e. The van der Waals surface area contributed by atoms with E-state index in [0.717, 1.165) is 44.3 Å². The summed E-state index contributed by atoms with van der Waals surface area (Å²) in [6.45, 7) is 0. The van der Waals surface area contributed by atoms with E-state index in [1.807, 2.05) is 23.6 Å². The number of rotatable bonds is 2. The molecule has 4 heteroatoms. The largest absolute Gasteiger partial charge is 0.496 e. The van der Waals surface area contributed by atoms with Gasteiger partial charge in [-0.05, 0) is 59.5 Å². The SMILES string of the molecule is COc1ccc2[nH]c(=O)c3sccc3c2c1-c1ccc2c(c1)CCC2. The van der Waals surface area contributed by atoms with Crippen LogP contribution in [0.1, 0.15) is 17.5 Å². The second-order valence-electron chi connectivity index (χ2n) is 6.52. The molecule has 0 saturated carbocycles. The number of nitrogens with one attached hydrogen (secondary N) is 1. The molecule has 0 radical (unpaired) electrons. The molecule has 0 atom stereocenters. The number of hydrogen-bond donors (Lipinski definition) is 1. The number of aromatic amines is 1. The lowest BCUT2D eigenvalue weighted by Gasteiger charge is -2.14. The Morgan fingerprint density at radius 2 is 1.96 bits per heavy atom. The zero-order valence-electron chi connectivity index (χ0n) is 13.9. The molecule has 0 amide bonds. The molecule has 124 valence electrons. The summed E-state index contributed by atoms with van der Waals surface area (Å²) in [5.74, 6) is 0.838. The lowest BCUT2D eigenvalue weighted by atomic mass is 9.95. The molecule has 2 heterocycles. The number of benzene rings is 2. The van der Waals surface area contributed by atoms with E-state index >= 15 is 0 Å². The zero-order valence-corrected chi connectivity index (χ0v) is 14.7. The van der Waals surface area contributed by atoms with Crippen LogP contribution in [0.4, 0.5) is 0 Å². The van der Waals surface area contributed by atoms with Crippen LogP contribution in [0.25, 0.3) is 32.1 Å². The van der Waals surface area contributed by atoms with Gasteiger partial charge in [-0.15, -0.1) is 11.3 Å². The Morgan fingerprint density at radius 3 is 2.84 bits per heavy atom. The highest BCUT2D eigenvalue weighted by Gasteiger charge is 2.18. The zero-order chi connectivity index (χ0) is 17.0. The molecule has 2 aromatic carbocycles. The average molecular weight is 347 g/mol. The Kier molecular flexibility index (Phi) is 3.22. The Morgan fingerprint density at radius 1 is 1.08 bits per heavy atom. The van der Waals surface area contributed by atoms with Gasteiger partial charge in [-0.3, -0.25) is 4.79 Å². The van der Waals surface area contributed by atoms with Gasteiger partial charge in [0.15, 0.2) is 0 Å². The van der Waals surface area contributed by atoms with E-state index in [2.05, 4.69) is 23.2 Å². The fourth-order valence-electron chi connectivity index (χ4n) is 4.01. The second kappa shape index (κ2) is 5.46. The Hall–Kier alpha value is -2.59. The van der Waals surface area contributed by atoms with E-state index in [9.17, 15) is 4.79 Å². The minimum absolute atomic E-state index is 0.0254. The number of H-pyrrole nitrogens is 1. The maximum Gasteiger partial charge on any atom is 0.266 e. The number of methoxy groups -OCH3 is 1. The molecule has 1 N–H and O–H groups in total. The highest BCUT2D eigenvalue weighted by atomic mass is 32.1. The molecule has 0 unspecified atom stereocenters. The number of aromatic nitrogens is 1. The summed E-state index contributed by atoms with van der Waals surface area (Å²) in [4.78, 5) is 15.4. The quantitative estimate of drug-likeness (QED) is 0.560. The third-order valence-corrected chi connectivity index (χ3v) is 6.08. The fraction of sp³-hybridized carbons (Fsp3) is 0.190. The van der Waals surface area contributed by atoms with E-state index in [-0.39, 0.29) is 5.56 Å². The van der Waals surface area contributed by atoms with Crippen LogP contribution in [-0.4, -0.2) is 12.1 Å². The Balaban J connectivity index is 1.93. The summed E-state index contributed by atoms with van der Waals surface area (Å²) in [5, 5.41) is 4.04. The van der Waals surface area contributed by atoms with Gasteiger partial charge in [0.05, 0.1) is 7.11 Å². The molecule has 4 aromatic rings. The first-order chi connectivity index (χ1) is 12.3. The van der Waals surface area contributed by atoms with Gasteiger partial charge in [0, 0.05) is 21.9 Å². The number of ether oxygens (including phenoxy) is 1. The molecule has 25 heavy (non-hydrogen) atoms. The van der Waals surface area contributed by atoms with Gasteiger partial charge in [0.25, 0.3) is 5.56 Å². The predicted molar refractivity (Wildman–Crippen MR) is 104 cm³/mol. The number of hydrogen-bond acceptors (Lipinski definition) is 3. The van der Waals surface area contributed by atoms with E-state index in [1.165, 1.54) is 35.3 Å². The second-order valence-corrected chi connectivity index (χ2v) is 7.44. The normalized spacial score (nSPS) is 13.5. The summed E-state index contributed by atoms with van der Waals surface area (Å²) >= 11 is 1.48. The monoisotopic (exact) mass is 347 g/mol.